The van der Waals surface area contributed by atoms with Crippen molar-refractivity contribution in [3.8, 4) is 0 Å². The molecule has 0 fully saturated rings. The van der Waals surface area contributed by atoms with Crippen LogP contribution < -0.4 is 10.6 Å². The largest absolute Gasteiger partial charge is 0.332 e. The number of thiocarbonyl (C=S) groups is 1. The van der Waals surface area contributed by atoms with E-state index in [1.54, 1.807) is 0 Å². The minimum Gasteiger partial charge on any atom is -0.332 e. The molecule has 2 rings (SSSR count). The van der Waals surface area contributed by atoms with Crippen molar-refractivity contribution in [2.75, 3.05) is 10.6 Å². The van der Waals surface area contributed by atoms with Crippen molar-refractivity contribution < 1.29 is 8.78 Å². The molecule has 0 saturated carbocycles. The quantitative estimate of drug-likeness (QED) is 0.803. The molecule has 0 spiro atoms. The van der Waals surface area contributed by atoms with Gasteiger partial charge in [0, 0.05) is 17.4 Å². The molecular weight excluding hydrogens is 278 g/mol. The molecular formula is C15H14F2N2S. The highest BCUT2D eigenvalue weighted by Gasteiger charge is 2.05. The van der Waals surface area contributed by atoms with E-state index in [4.69, 9.17) is 12.2 Å². The van der Waals surface area contributed by atoms with E-state index in [2.05, 4.69) is 10.6 Å². The number of nitrogens with one attached hydrogen (secondary N) is 2. The summed E-state index contributed by atoms with van der Waals surface area (Å²) in [5, 5.41) is 6.16. The Labute approximate surface area is 121 Å². The van der Waals surface area contributed by atoms with Crippen molar-refractivity contribution in [2.24, 2.45) is 0 Å². The van der Waals surface area contributed by atoms with Crippen molar-refractivity contribution in [3.05, 3.63) is 59.2 Å². The molecule has 2 aromatic rings. The summed E-state index contributed by atoms with van der Waals surface area (Å²) in [6.45, 7) is 3.98. The first-order chi connectivity index (χ1) is 9.45. The van der Waals surface area contributed by atoms with Crippen molar-refractivity contribution in [3.63, 3.8) is 0 Å². The molecule has 0 atom stereocenters. The van der Waals surface area contributed by atoms with E-state index in [1.807, 2.05) is 32.0 Å². The predicted octanol–water partition coefficient (Wildman–Crippen LogP) is 4.39. The van der Waals surface area contributed by atoms with E-state index >= 15 is 0 Å². The van der Waals surface area contributed by atoms with Gasteiger partial charge < -0.3 is 10.6 Å². The standard InChI is InChI=1S/C15H14F2N2S/c1-9-3-6-14(10(2)7-9)19-15(20)18-11-4-5-12(16)13(17)8-11/h3-8H,1-2H3,(H2,18,19,20). The average Bonchev–Trinajstić information content (AvgIpc) is 2.37. The molecule has 104 valence electrons. The van der Waals surface area contributed by atoms with Gasteiger partial charge in [-0.1, -0.05) is 17.7 Å². The summed E-state index contributed by atoms with van der Waals surface area (Å²) >= 11 is 5.15. The molecule has 2 aromatic carbocycles. The smallest absolute Gasteiger partial charge is 0.175 e. The normalized spacial score (nSPS) is 10.2. The molecule has 5 heteroatoms. The van der Waals surface area contributed by atoms with Crippen LogP contribution in [0.25, 0.3) is 0 Å². The lowest BCUT2D eigenvalue weighted by Crippen LogP contribution is -2.19. The summed E-state index contributed by atoms with van der Waals surface area (Å²) < 4.78 is 25.9. The van der Waals surface area contributed by atoms with E-state index in [-0.39, 0.29) is 0 Å². The Balaban J connectivity index is 2.07. The van der Waals surface area contributed by atoms with Crippen molar-refractivity contribution >= 4 is 28.7 Å². The van der Waals surface area contributed by atoms with Gasteiger partial charge in [-0.15, -0.1) is 0 Å². The summed E-state index contributed by atoms with van der Waals surface area (Å²) in [6.07, 6.45) is 0. The maximum absolute atomic E-state index is 13.1. The minimum absolute atomic E-state index is 0.322. The topological polar surface area (TPSA) is 24.1 Å². The molecule has 0 saturated heterocycles. The van der Waals surface area contributed by atoms with Gasteiger partial charge in [-0.3, -0.25) is 0 Å². The number of rotatable bonds is 2. The highest BCUT2D eigenvalue weighted by atomic mass is 32.1. The summed E-state index contributed by atoms with van der Waals surface area (Å²) in [4.78, 5) is 0. The van der Waals surface area contributed by atoms with Gasteiger partial charge >= 0.3 is 0 Å². The fraction of sp³-hybridized carbons (Fsp3) is 0.133. The lowest BCUT2D eigenvalue weighted by Gasteiger charge is -2.13. The molecule has 0 aliphatic heterocycles. The molecule has 0 aliphatic carbocycles. The van der Waals surface area contributed by atoms with Crippen LogP contribution >= 0.6 is 12.2 Å². The first kappa shape index (κ1) is 14.4. The maximum atomic E-state index is 13.1. The third kappa shape index (κ3) is 3.51. The molecule has 20 heavy (non-hydrogen) atoms. The zero-order chi connectivity index (χ0) is 14.7. The van der Waals surface area contributed by atoms with Gasteiger partial charge in [0.1, 0.15) is 0 Å². The van der Waals surface area contributed by atoms with E-state index in [1.165, 1.54) is 6.07 Å². The van der Waals surface area contributed by atoms with Crippen LogP contribution in [0.15, 0.2) is 36.4 Å². The highest BCUT2D eigenvalue weighted by Crippen LogP contribution is 2.17. The van der Waals surface area contributed by atoms with E-state index < -0.39 is 11.6 Å². The van der Waals surface area contributed by atoms with Crippen LogP contribution in [0.5, 0.6) is 0 Å². The maximum Gasteiger partial charge on any atom is 0.175 e. The molecule has 0 unspecified atom stereocenters. The Hall–Kier alpha value is -2.01. The van der Waals surface area contributed by atoms with Crippen LogP contribution in [0, 0.1) is 25.5 Å². The average molecular weight is 292 g/mol. The Kier molecular flexibility index (Phi) is 4.29. The first-order valence-electron chi connectivity index (χ1n) is 6.06. The predicted molar refractivity (Wildman–Crippen MR) is 82.1 cm³/mol. The molecule has 2 nitrogen and oxygen atoms in total. The molecule has 0 radical (unpaired) electrons. The first-order valence-corrected chi connectivity index (χ1v) is 6.47. The van der Waals surface area contributed by atoms with Crippen molar-refractivity contribution in [1.29, 1.82) is 0 Å². The van der Waals surface area contributed by atoms with Crippen LogP contribution in [0.3, 0.4) is 0 Å². The van der Waals surface area contributed by atoms with Crippen LogP contribution in [0.4, 0.5) is 20.2 Å². The minimum atomic E-state index is -0.913. The summed E-state index contributed by atoms with van der Waals surface area (Å²) in [6, 6.07) is 9.46. The summed E-state index contributed by atoms with van der Waals surface area (Å²) in [5.74, 6) is -1.80. The van der Waals surface area contributed by atoms with Crippen LogP contribution in [0.1, 0.15) is 11.1 Å². The fourth-order valence-corrected chi connectivity index (χ4v) is 2.04. The number of hydrogen-bond donors (Lipinski definition) is 2. The Morgan fingerprint density at radius 2 is 1.70 bits per heavy atom. The van der Waals surface area contributed by atoms with Crippen molar-refractivity contribution in [1.82, 2.24) is 0 Å². The highest BCUT2D eigenvalue weighted by molar-refractivity contribution is 7.80. The Morgan fingerprint density at radius 1 is 0.950 bits per heavy atom. The lowest BCUT2D eigenvalue weighted by atomic mass is 10.1. The Morgan fingerprint density at radius 3 is 2.35 bits per heavy atom. The number of aryl methyl sites for hydroxylation is 2. The van der Waals surface area contributed by atoms with Gasteiger partial charge in [0.05, 0.1) is 0 Å². The van der Waals surface area contributed by atoms with Gasteiger partial charge in [-0.05, 0) is 49.8 Å². The fourth-order valence-electron chi connectivity index (χ4n) is 1.81. The second-order valence-electron chi connectivity index (χ2n) is 4.53. The van der Waals surface area contributed by atoms with E-state index in [0.29, 0.717) is 10.8 Å². The molecule has 2 N–H and O–H groups in total. The van der Waals surface area contributed by atoms with E-state index in [0.717, 1.165) is 28.9 Å². The van der Waals surface area contributed by atoms with Gasteiger partial charge in [0.15, 0.2) is 16.7 Å². The van der Waals surface area contributed by atoms with Crippen LogP contribution in [0.2, 0.25) is 0 Å². The zero-order valence-corrected chi connectivity index (χ0v) is 11.9. The Bertz CT molecular complexity index is 656. The molecule has 0 aliphatic rings. The lowest BCUT2D eigenvalue weighted by molar-refractivity contribution is 0.509. The second-order valence-corrected chi connectivity index (χ2v) is 4.93. The van der Waals surface area contributed by atoms with Crippen molar-refractivity contribution in [2.45, 2.75) is 13.8 Å². The SMILES string of the molecule is Cc1ccc(NC(=S)Nc2ccc(F)c(F)c2)c(C)c1. The molecule has 0 aromatic heterocycles. The van der Waals surface area contributed by atoms with Gasteiger partial charge in [0.25, 0.3) is 0 Å². The number of benzene rings is 2. The molecule has 0 heterocycles. The van der Waals surface area contributed by atoms with Crippen LogP contribution in [-0.2, 0) is 0 Å². The third-order valence-electron chi connectivity index (χ3n) is 2.81. The molecule has 0 amide bonds. The third-order valence-corrected chi connectivity index (χ3v) is 3.01. The van der Waals surface area contributed by atoms with Gasteiger partial charge in [-0.25, -0.2) is 8.78 Å². The van der Waals surface area contributed by atoms with Gasteiger partial charge in [0.2, 0.25) is 0 Å². The number of halogens is 2. The monoisotopic (exact) mass is 292 g/mol. The molecule has 0 bridgehead atoms. The van der Waals surface area contributed by atoms with Gasteiger partial charge in [-0.2, -0.15) is 0 Å². The van der Waals surface area contributed by atoms with E-state index in [9.17, 15) is 8.78 Å². The number of anilines is 2. The van der Waals surface area contributed by atoms with Crippen LogP contribution in [-0.4, -0.2) is 5.11 Å². The zero-order valence-electron chi connectivity index (χ0n) is 11.1. The summed E-state index contributed by atoms with van der Waals surface area (Å²) in [7, 11) is 0. The second kappa shape index (κ2) is 5.96. The summed E-state index contributed by atoms with van der Waals surface area (Å²) in [5.41, 5.74) is 3.48. The number of hydrogen-bond acceptors (Lipinski definition) is 1.